The highest BCUT2D eigenvalue weighted by Crippen LogP contribution is 2.38. The number of nitrogens with zero attached hydrogens (tertiary/aromatic N) is 7. The van der Waals surface area contributed by atoms with E-state index in [4.69, 9.17) is 10.5 Å². The lowest BCUT2D eigenvalue weighted by Gasteiger charge is -2.41. The van der Waals surface area contributed by atoms with Crippen molar-refractivity contribution in [2.24, 2.45) is 0 Å². The molecule has 9 rings (SSSR count). The summed E-state index contributed by atoms with van der Waals surface area (Å²) >= 11 is 0. The van der Waals surface area contributed by atoms with E-state index in [-0.39, 0.29) is 72.9 Å². The van der Waals surface area contributed by atoms with Crippen LogP contribution >= 0.6 is 0 Å². The van der Waals surface area contributed by atoms with E-state index >= 15 is 8.78 Å². The number of imide groups is 1. The monoisotopic (exact) mass is 847 g/mol. The first-order valence-electron chi connectivity index (χ1n) is 21.4. The third-order valence-corrected chi connectivity index (χ3v) is 13.3. The Morgan fingerprint density at radius 2 is 1.71 bits per heavy atom. The molecule has 2 atom stereocenters. The second-order valence-corrected chi connectivity index (χ2v) is 17.1. The zero-order valence-corrected chi connectivity index (χ0v) is 34.7. The van der Waals surface area contributed by atoms with Crippen LogP contribution in [-0.2, 0) is 9.53 Å². The number of benzene rings is 3. The number of methoxy groups -OCH3 is 1. The number of carbonyl (C=O) groups excluding carboxylic acids is 3. The first kappa shape index (κ1) is 41.2. The number of aromatic nitrogens is 3. The molecule has 0 spiro atoms. The predicted octanol–water partition coefficient (Wildman–Crippen LogP) is 6.26. The molecule has 4 fully saturated rings. The molecule has 62 heavy (non-hydrogen) atoms. The lowest BCUT2D eigenvalue weighted by atomic mass is 9.88. The number of phenols is 1. The number of nitrogens with two attached hydrogens (primary N) is 1. The summed E-state index contributed by atoms with van der Waals surface area (Å²) in [6, 6.07) is 21.1. The number of phenolic OH excluding ortho intramolecular Hbond substituents is 1. The molecule has 6 heterocycles. The van der Waals surface area contributed by atoms with Gasteiger partial charge in [0.05, 0.1) is 28.7 Å². The van der Waals surface area contributed by atoms with Gasteiger partial charge in [0.1, 0.15) is 11.4 Å². The molecule has 5 aromatic rings. The number of halogens is 2. The van der Waals surface area contributed by atoms with Crippen molar-refractivity contribution in [2.45, 2.75) is 62.3 Å². The van der Waals surface area contributed by atoms with Crippen molar-refractivity contribution in [3.05, 3.63) is 95.9 Å². The molecule has 3 aromatic carbocycles. The first-order valence-corrected chi connectivity index (χ1v) is 21.4. The van der Waals surface area contributed by atoms with Crippen LogP contribution in [0.15, 0.2) is 79.0 Å². The van der Waals surface area contributed by atoms with Gasteiger partial charge in [-0.25, -0.2) is 13.6 Å². The number of amides is 4. The average Bonchev–Trinajstić information content (AvgIpc) is 3.72. The maximum Gasteiger partial charge on any atom is 0.328 e. The number of aromatic hydroxyl groups is 1. The summed E-state index contributed by atoms with van der Waals surface area (Å²) in [6.45, 7) is 3.74. The van der Waals surface area contributed by atoms with Crippen molar-refractivity contribution in [1.29, 1.82) is 0 Å². The van der Waals surface area contributed by atoms with E-state index < -0.39 is 17.5 Å². The average molecular weight is 848 g/mol. The Kier molecular flexibility index (Phi) is 11.3. The normalized spacial score (nSPS) is 21.4. The molecule has 2 aromatic heterocycles. The number of alkyl halides is 1. The molecule has 4 N–H and O–H groups in total. The molecule has 4 amide bonds. The van der Waals surface area contributed by atoms with Crippen molar-refractivity contribution < 1.29 is 33.0 Å². The molecule has 4 saturated heterocycles. The van der Waals surface area contributed by atoms with Gasteiger partial charge in [-0.15, -0.1) is 10.2 Å². The third-order valence-electron chi connectivity index (χ3n) is 13.3. The fourth-order valence-electron chi connectivity index (χ4n) is 9.74. The second kappa shape index (κ2) is 17.0. The minimum Gasteiger partial charge on any atom is -0.507 e. The van der Waals surface area contributed by atoms with E-state index in [9.17, 15) is 19.5 Å². The molecule has 14 nitrogen and oxygen atoms in total. The topological polar surface area (TPSA) is 162 Å². The summed E-state index contributed by atoms with van der Waals surface area (Å²) in [4.78, 5) is 45.0. The molecule has 0 radical (unpaired) electrons. The van der Waals surface area contributed by atoms with E-state index in [1.807, 2.05) is 48.7 Å². The summed E-state index contributed by atoms with van der Waals surface area (Å²) < 4.78 is 40.0. The lowest BCUT2D eigenvalue weighted by molar-refractivity contribution is -0.120. The molecule has 324 valence electrons. The number of nitrogens with one attached hydrogen (secondary N) is 1. The number of para-hydroxylation sites is 1. The van der Waals surface area contributed by atoms with Crippen molar-refractivity contribution in [3.63, 3.8) is 0 Å². The number of hydrogen-bond donors (Lipinski definition) is 3. The Labute approximate surface area is 358 Å². The van der Waals surface area contributed by atoms with Crippen LogP contribution in [0.25, 0.3) is 22.2 Å². The lowest BCUT2D eigenvalue weighted by Crippen LogP contribution is -2.51. The minimum absolute atomic E-state index is 0.0787. The summed E-state index contributed by atoms with van der Waals surface area (Å²) in [6.07, 6.45) is 4.78. The van der Waals surface area contributed by atoms with Crippen molar-refractivity contribution in [3.8, 4) is 17.0 Å². The van der Waals surface area contributed by atoms with Gasteiger partial charge in [-0.1, -0.05) is 24.3 Å². The second-order valence-electron chi connectivity index (χ2n) is 17.1. The Bertz CT molecular complexity index is 2480. The van der Waals surface area contributed by atoms with Gasteiger partial charge in [0.15, 0.2) is 11.6 Å². The Morgan fingerprint density at radius 3 is 2.44 bits per heavy atom. The Morgan fingerprint density at radius 1 is 0.952 bits per heavy atom. The maximum absolute atomic E-state index is 16.4. The zero-order chi connectivity index (χ0) is 43.1. The quantitative estimate of drug-likeness (QED) is 0.154. The number of fused-ring (bicyclic) bond motifs is 1. The fraction of sp³-hybridized carbons (Fsp3) is 0.413. The third kappa shape index (κ3) is 8.16. The van der Waals surface area contributed by atoms with Crippen LogP contribution in [0.3, 0.4) is 0 Å². The number of anilines is 3. The predicted molar refractivity (Wildman–Crippen MR) is 231 cm³/mol. The van der Waals surface area contributed by atoms with Crippen LogP contribution in [-0.4, -0.2) is 119 Å². The van der Waals surface area contributed by atoms with E-state index in [0.717, 1.165) is 30.3 Å². The highest BCUT2D eigenvalue weighted by atomic mass is 19.1. The van der Waals surface area contributed by atoms with E-state index in [1.54, 1.807) is 42.3 Å². The standard InChI is InChI=1S/C46H51F2N9O5/c1-62-33-24-31(26-55(27-33)39-25-36(51-52-43(39)49)34-4-2-3-5-40(34)58)29-6-8-30(9-7-29)44(60)54-22-16-46(48,17-23-54)28-53-18-12-32(13-19-53)56-20-14-35-37(56)10-11-38(42(35)47)57-21-15-41(59)50-45(57)61/h2-11,14,20,25,31-33,58H,12-13,15-19,21-24,26-28H2,1H3,(H2,49,52)(H,50,59,61)/t31-,33+/m0/s1. The number of likely N-dealkylation sites (tertiary alicyclic amines) is 2. The summed E-state index contributed by atoms with van der Waals surface area (Å²) in [5, 5.41) is 21.5. The first-order chi connectivity index (χ1) is 30.0. The number of hydrogen-bond acceptors (Lipinski definition) is 10. The van der Waals surface area contributed by atoms with Crippen molar-refractivity contribution in [2.75, 3.05) is 75.0 Å². The number of nitrogen functional groups attached to an aromatic ring is 1. The van der Waals surface area contributed by atoms with Gasteiger partial charge in [0.2, 0.25) is 5.91 Å². The van der Waals surface area contributed by atoms with Gasteiger partial charge in [-0.2, -0.15) is 0 Å². The van der Waals surface area contributed by atoms with Gasteiger partial charge in [-0.3, -0.25) is 19.8 Å². The van der Waals surface area contributed by atoms with Gasteiger partial charge >= 0.3 is 6.03 Å². The van der Waals surface area contributed by atoms with E-state index in [0.29, 0.717) is 73.7 Å². The molecular formula is C46H51F2N9O5. The SMILES string of the molecule is CO[C@@H]1C[C@H](c2ccc(C(=O)N3CCC(F)(CN4CCC(n5ccc6c(F)c(N7CCC(=O)NC7=O)ccc65)CC4)CC3)cc2)CN(c2cc(-c3ccccc3O)nnc2N)C1. The largest absolute Gasteiger partial charge is 0.507 e. The number of ether oxygens (including phenoxy) is 1. The van der Waals surface area contributed by atoms with Gasteiger partial charge < -0.3 is 34.8 Å². The molecule has 0 aliphatic carbocycles. The molecular weight excluding hydrogens is 797 g/mol. The molecule has 0 saturated carbocycles. The molecule has 4 aliphatic rings. The Balaban J connectivity index is 0.782. The molecule has 0 unspecified atom stereocenters. The van der Waals surface area contributed by atoms with Crippen LogP contribution in [0.2, 0.25) is 0 Å². The van der Waals surface area contributed by atoms with Gasteiger partial charge in [0, 0.05) is 113 Å². The smallest absolute Gasteiger partial charge is 0.328 e. The van der Waals surface area contributed by atoms with Crippen LogP contribution < -0.4 is 20.9 Å². The van der Waals surface area contributed by atoms with Crippen molar-refractivity contribution >= 4 is 45.9 Å². The van der Waals surface area contributed by atoms with Crippen molar-refractivity contribution in [1.82, 2.24) is 29.9 Å². The zero-order valence-electron chi connectivity index (χ0n) is 34.7. The van der Waals surface area contributed by atoms with Gasteiger partial charge in [0.25, 0.3) is 5.91 Å². The van der Waals surface area contributed by atoms with Crippen LogP contribution in [0.1, 0.15) is 66.4 Å². The molecule has 4 aliphatic heterocycles. The fourth-order valence-corrected chi connectivity index (χ4v) is 9.74. The molecule has 16 heteroatoms. The minimum atomic E-state index is -1.40. The summed E-state index contributed by atoms with van der Waals surface area (Å²) in [7, 11) is 1.70. The summed E-state index contributed by atoms with van der Waals surface area (Å²) in [5.41, 5.74) is 9.24. The number of rotatable bonds is 9. The van der Waals surface area contributed by atoms with Crippen LogP contribution in [0.5, 0.6) is 5.75 Å². The molecule has 0 bridgehead atoms. The van der Waals surface area contributed by atoms with Gasteiger partial charge in [-0.05, 0) is 73.4 Å². The van der Waals surface area contributed by atoms with Crippen LogP contribution in [0, 0.1) is 5.82 Å². The maximum atomic E-state index is 16.4. The highest BCUT2D eigenvalue weighted by molar-refractivity contribution is 6.06. The van der Waals surface area contributed by atoms with E-state index in [1.165, 1.54) is 4.90 Å². The number of urea groups is 1. The van der Waals surface area contributed by atoms with E-state index in [2.05, 4.69) is 29.9 Å². The summed E-state index contributed by atoms with van der Waals surface area (Å²) in [5.74, 6) is -0.504. The highest BCUT2D eigenvalue weighted by Gasteiger charge is 2.39. The number of carbonyl (C=O) groups is 3. The van der Waals surface area contributed by atoms with Crippen LogP contribution in [0.4, 0.5) is 30.8 Å². The Hall–Kier alpha value is -6.13. The number of piperidine rings is 3.